The van der Waals surface area contributed by atoms with E-state index in [1.807, 2.05) is 54.6 Å². The molecule has 2 aromatic carbocycles. The van der Waals surface area contributed by atoms with Crippen LogP contribution in [-0.2, 0) is 32.4 Å². The van der Waals surface area contributed by atoms with Crippen LogP contribution in [0.4, 0.5) is 10.5 Å². The predicted octanol–water partition coefficient (Wildman–Crippen LogP) is 2.31. The highest BCUT2D eigenvalue weighted by atomic mass is 32.2. The van der Waals surface area contributed by atoms with E-state index in [0.29, 0.717) is 6.54 Å². The third kappa shape index (κ3) is 5.80. The molecule has 0 spiro atoms. The molecule has 8 heteroatoms. The lowest BCUT2D eigenvalue weighted by Crippen LogP contribution is -2.49. The molecule has 0 saturated carbocycles. The Morgan fingerprint density at radius 1 is 1.10 bits per heavy atom. The number of alkyl carbamates (subject to hydrolysis) is 1. The van der Waals surface area contributed by atoms with Crippen LogP contribution >= 0.6 is 0 Å². The minimum absolute atomic E-state index is 0.0171. The van der Waals surface area contributed by atoms with Gasteiger partial charge in [0.25, 0.3) is 0 Å². The van der Waals surface area contributed by atoms with Crippen molar-refractivity contribution in [3.63, 3.8) is 0 Å². The number of fused-ring (bicyclic) bond motifs is 1. The first-order valence-corrected chi connectivity index (χ1v) is 11.4. The molecule has 1 aliphatic rings. The summed E-state index contributed by atoms with van der Waals surface area (Å²) in [7, 11) is -3.29. The van der Waals surface area contributed by atoms with Gasteiger partial charge in [-0.15, -0.1) is 0 Å². The molecule has 0 fully saturated rings. The lowest BCUT2D eigenvalue weighted by atomic mass is 10.1. The average Bonchev–Trinajstić information content (AvgIpc) is 3.13. The molecule has 0 aliphatic carbocycles. The highest BCUT2D eigenvalue weighted by Gasteiger charge is 2.31. The number of sulfone groups is 1. The van der Waals surface area contributed by atoms with Gasteiger partial charge in [-0.05, 0) is 30.0 Å². The number of ether oxygens (including phenoxy) is 1. The zero-order chi connectivity index (χ0) is 20.9. The number of benzene rings is 2. The second-order valence-corrected chi connectivity index (χ2v) is 9.31. The highest BCUT2D eigenvalue weighted by molar-refractivity contribution is 7.90. The maximum absolute atomic E-state index is 13.1. The van der Waals surface area contributed by atoms with E-state index in [0.717, 1.165) is 29.5 Å². The van der Waals surface area contributed by atoms with Gasteiger partial charge in [0.15, 0.2) is 0 Å². The van der Waals surface area contributed by atoms with Crippen LogP contribution in [0.3, 0.4) is 0 Å². The summed E-state index contributed by atoms with van der Waals surface area (Å²) < 4.78 is 28.4. The molecule has 0 unspecified atom stereocenters. The number of amides is 2. The van der Waals surface area contributed by atoms with Crippen molar-refractivity contribution >= 4 is 27.5 Å². The van der Waals surface area contributed by atoms with Gasteiger partial charge >= 0.3 is 6.09 Å². The van der Waals surface area contributed by atoms with Gasteiger partial charge in [-0.1, -0.05) is 48.5 Å². The van der Waals surface area contributed by atoms with E-state index in [-0.39, 0.29) is 24.7 Å². The van der Waals surface area contributed by atoms with Crippen molar-refractivity contribution in [2.24, 2.45) is 0 Å². The Labute approximate surface area is 170 Å². The highest BCUT2D eigenvalue weighted by Crippen LogP contribution is 2.28. The molecule has 0 saturated heterocycles. The van der Waals surface area contributed by atoms with Crippen LogP contribution in [0.1, 0.15) is 17.5 Å². The molecule has 2 aromatic rings. The van der Waals surface area contributed by atoms with E-state index in [2.05, 4.69) is 5.32 Å². The van der Waals surface area contributed by atoms with Crippen LogP contribution in [0.15, 0.2) is 54.6 Å². The molecule has 0 bridgehead atoms. The summed E-state index contributed by atoms with van der Waals surface area (Å²) in [5.41, 5.74) is 2.66. The van der Waals surface area contributed by atoms with Gasteiger partial charge in [0, 0.05) is 18.5 Å². The van der Waals surface area contributed by atoms with Gasteiger partial charge in [0.1, 0.15) is 22.5 Å². The van der Waals surface area contributed by atoms with Crippen molar-refractivity contribution < 1.29 is 22.7 Å². The molecule has 29 heavy (non-hydrogen) atoms. The quantitative estimate of drug-likeness (QED) is 0.748. The van der Waals surface area contributed by atoms with Crippen LogP contribution in [0.5, 0.6) is 0 Å². The van der Waals surface area contributed by atoms with Crippen LogP contribution < -0.4 is 10.2 Å². The lowest BCUT2D eigenvalue weighted by Gasteiger charge is -2.24. The van der Waals surface area contributed by atoms with Gasteiger partial charge in [-0.25, -0.2) is 13.2 Å². The smallest absolute Gasteiger partial charge is 0.408 e. The first kappa shape index (κ1) is 20.9. The lowest BCUT2D eigenvalue weighted by molar-refractivity contribution is -0.120. The van der Waals surface area contributed by atoms with Crippen LogP contribution in [0.25, 0.3) is 0 Å². The number of carbonyl (C=O) groups excluding carboxylic acids is 2. The number of nitrogens with zero attached hydrogens (tertiary/aromatic N) is 1. The number of nitrogens with one attached hydrogen (secondary N) is 1. The third-order valence-corrected chi connectivity index (χ3v) is 5.71. The summed E-state index contributed by atoms with van der Waals surface area (Å²) in [6, 6.07) is 15.7. The molecule has 1 heterocycles. The molecule has 2 amide bonds. The Kier molecular flexibility index (Phi) is 6.53. The van der Waals surface area contributed by atoms with E-state index in [9.17, 15) is 18.0 Å². The van der Waals surface area contributed by atoms with Crippen LogP contribution in [-0.4, -0.2) is 45.0 Å². The van der Waals surface area contributed by atoms with Crippen molar-refractivity contribution in [2.45, 2.75) is 25.5 Å². The van der Waals surface area contributed by atoms with E-state index >= 15 is 0 Å². The minimum atomic E-state index is -3.29. The summed E-state index contributed by atoms with van der Waals surface area (Å²) in [4.78, 5) is 27.0. The van der Waals surface area contributed by atoms with Gasteiger partial charge in [0.2, 0.25) is 5.91 Å². The van der Waals surface area contributed by atoms with Crippen LogP contribution in [0, 0.1) is 0 Å². The average molecular weight is 416 g/mol. The van der Waals surface area contributed by atoms with E-state index < -0.39 is 22.0 Å². The van der Waals surface area contributed by atoms with Crippen molar-refractivity contribution in [1.29, 1.82) is 0 Å². The molecule has 1 aliphatic heterocycles. The molecule has 7 nitrogen and oxygen atoms in total. The number of carbonyl (C=O) groups is 2. The fourth-order valence-corrected chi connectivity index (χ4v) is 3.92. The maximum atomic E-state index is 13.1. The standard InChI is InChI=1S/C21H24N2O5S/c1-29(26,27)14-12-18(22-21(25)28-15-16-7-3-2-4-8-16)20(24)23-13-11-17-9-5-6-10-19(17)23/h2-10,18H,11-15H2,1H3,(H,22,25)/t18-/m1/s1. The maximum Gasteiger partial charge on any atom is 0.408 e. The first-order valence-electron chi connectivity index (χ1n) is 9.38. The van der Waals surface area contributed by atoms with Gasteiger partial charge in [-0.2, -0.15) is 0 Å². The SMILES string of the molecule is CS(=O)(=O)CC[C@@H](NC(=O)OCc1ccccc1)C(=O)N1CCc2ccccc21. The normalized spacial score (nSPS) is 14.2. The molecule has 1 N–H and O–H groups in total. The largest absolute Gasteiger partial charge is 0.445 e. The zero-order valence-corrected chi connectivity index (χ0v) is 17.0. The second-order valence-electron chi connectivity index (χ2n) is 7.05. The van der Waals surface area contributed by atoms with Crippen LogP contribution in [0.2, 0.25) is 0 Å². The number of para-hydroxylation sites is 1. The first-order chi connectivity index (χ1) is 13.8. The summed E-state index contributed by atoms with van der Waals surface area (Å²) in [6.07, 6.45) is 1.05. The number of anilines is 1. The minimum Gasteiger partial charge on any atom is -0.445 e. The van der Waals surface area contributed by atoms with E-state index in [1.54, 1.807) is 4.90 Å². The second kappa shape index (κ2) is 9.09. The van der Waals surface area contributed by atoms with Gasteiger partial charge in [-0.3, -0.25) is 4.79 Å². The van der Waals surface area contributed by atoms with Gasteiger partial charge < -0.3 is 15.0 Å². The molecular weight excluding hydrogens is 392 g/mol. The molecule has 0 aromatic heterocycles. The molecule has 0 radical (unpaired) electrons. The Bertz CT molecular complexity index is 976. The molecule has 1 atom stereocenters. The summed E-state index contributed by atoms with van der Waals surface area (Å²) in [6.45, 7) is 0.556. The van der Waals surface area contributed by atoms with E-state index in [1.165, 1.54) is 0 Å². The van der Waals surface area contributed by atoms with Crippen molar-refractivity contribution in [3.05, 3.63) is 65.7 Å². The topological polar surface area (TPSA) is 92.8 Å². The number of hydrogen-bond acceptors (Lipinski definition) is 5. The van der Waals surface area contributed by atoms with E-state index in [4.69, 9.17) is 4.74 Å². The summed E-state index contributed by atoms with van der Waals surface area (Å²) in [5.74, 6) is -0.548. The van der Waals surface area contributed by atoms with Gasteiger partial charge in [0.05, 0.1) is 5.75 Å². The molecule has 3 rings (SSSR count). The molecule has 154 valence electrons. The summed E-state index contributed by atoms with van der Waals surface area (Å²) in [5, 5.41) is 2.55. The Balaban J connectivity index is 1.68. The predicted molar refractivity (Wildman–Crippen MR) is 110 cm³/mol. The third-order valence-electron chi connectivity index (χ3n) is 4.73. The van der Waals surface area contributed by atoms with Crippen molar-refractivity contribution in [1.82, 2.24) is 5.32 Å². The fraction of sp³-hybridized carbons (Fsp3) is 0.333. The van der Waals surface area contributed by atoms with Crippen molar-refractivity contribution in [2.75, 3.05) is 23.5 Å². The summed E-state index contributed by atoms with van der Waals surface area (Å²) >= 11 is 0. The zero-order valence-electron chi connectivity index (χ0n) is 16.2. The molecular formula is C21H24N2O5S. The Morgan fingerprint density at radius 3 is 2.52 bits per heavy atom. The fourth-order valence-electron chi connectivity index (χ4n) is 3.25. The number of hydrogen-bond donors (Lipinski definition) is 1. The Hall–Kier alpha value is -2.87. The monoisotopic (exact) mass is 416 g/mol. The van der Waals surface area contributed by atoms with Crippen molar-refractivity contribution in [3.8, 4) is 0 Å². The Morgan fingerprint density at radius 2 is 1.79 bits per heavy atom. The number of rotatable bonds is 7.